The predicted octanol–water partition coefficient (Wildman–Crippen LogP) is 3.36. The molecule has 3 aromatic rings. The molecule has 0 aliphatic rings. The van der Waals surface area contributed by atoms with E-state index < -0.39 is 0 Å². The molecule has 0 saturated carbocycles. The average Bonchev–Trinajstić information content (AvgIpc) is 2.82. The summed E-state index contributed by atoms with van der Waals surface area (Å²) in [4.78, 5) is 0. The minimum absolute atomic E-state index is 0.148. The van der Waals surface area contributed by atoms with Gasteiger partial charge in [-0.15, -0.1) is 10.5 Å². The third-order valence-corrected chi connectivity index (χ3v) is 4.95. The van der Waals surface area contributed by atoms with Gasteiger partial charge in [0.1, 0.15) is 22.9 Å². The SMILES string of the molecule is COc1cccc(C=Cc2cc(C=Cc3cccc(OC)c3[O-])c(N(O)O)cc2N(O)O)c1[O-]. The van der Waals surface area contributed by atoms with Crippen LogP contribution in [0.2, 0.25) is 0 Å². The lowest BCUT2D eigenvalue weighted by Crippen LogP contribution is -2.17. The molecule has 3 aromatic carbocycles. The zero-order valence-electron chi connectivity index (χ0n) is 18.2. The second-order valence-electron chi connectivity index (χ2n) is 6.97. The highest BCUT2D eigenvalue weighted by atomic mass is 16.8. The van der Waals surface area contributed by atoms with Crippen LogP contribution in [0.5, 0.6) is 23.0 Å². The molecule has 0 unspecified atom stereocenters. The highest BCUT2D eigenvalue weighted by Gasteiger charge is 2.14. The van der Waals surface area contributed by atoms with Gasteiger partial charge in [0.2, 0.25) is 0 Å². The third-order valence-electron chi connectivity index (χ3n) is 4.95. The predicted molar refractivity (Wildman–Crippen MR) is 121 cm³/mol. The Labute approximate surface area is 195 Å². The molecule has 0 saturated heterocycles. The lowest BCUT2D eigenvalue weighted by atomic mass is 10.0. The zero-order chi connectivity index (χ0) is 24.8. The third kappa shape index (κ3) is 5.22. The molecule has 0 atom stereocenters. The first-order valence-electron chi connectivity index (χ1n) is 9.84. The minimum atomic E-state index is -0.359. The summed E-state index contributed by atoms with van der Waals surface area (Å²) < 4.78 is 10.0. The van der Waals surface area contributed by atoms with E-state index >= 15 is 0 Å². The molecule has 0 amide bonds. The van der Waals surface area contributed by atoms with Crippen molar-refractivity contribution in [2.24, 2.45) is 0 Å². The lowest BCUT2D eigenvalue weighted by Gasteiger charge is -2.19. The van der Waals surface area contributed by atoms with Gasteiger partial charge in [-0.3, -0.25) is 20.8 Å². The van der Waals surface area contributed by atoms with Gasteiger partial charge in [0.15, 0.2) is 0 Å². The number of ether oxygens (including phenoxy) is 2. The Morgan fingerprint density at radius 3 is 1.35 bits per heavy atom. The van der Waals surface area contributed by atoms with E-state index in [0.717, 1.165) is 6.07 Å². The normalized spacial score (nSPS) is 11.2. The highest BCUT2D eigenvalue weighted by Crippen LogP contribution is 2.34. The molecule has 0 radical (unpaired) electrons. The van der Waals surface area contributed by atoms with E-state index in [4.69, 9.17) is 9.47 Å². The molecule has 10 nitrogen and oxygen atoms in total. The average molecular weight is 466 g/mol. The summed E-state index contributed by atoms with van der Waals surface area (Å²) in [7, 11) is 2.75. The summed E-state index contributed by atoms with van der Waals surface area (Å²) >= 11 is 0. The molecule has 0 heterocycles. The van der Waals surface area contributed by atoms with Gasteiger partial charge in [0.05, 0.1) is 14.2 Å². The maximum absolute atomic E-state index is 12.4. The fraction of sp³-hybridized carbons (Fsp3) is 0.0833. The molecule has 34 heavy (non-hydrogen) atoms. The lowest BCUT2D eigenvalue weighted by molar-refractivity contribution is -0.270. The van der Waals surface area contributed by atoms with Crippen molar-refractivity contribution in [2.75, 3.05) is 24.7 Å². The zero-order valence-corrected chi connectivity index (χ0v) is 18.2. The Kier molecular flexibility index (Phi) is 7.61. The van der Waals surface area contributed by atoms with Crippen LogP contribution >= 0.6 is 0 Å². The largest absolute Gasteiger partial charge is 0.870 e. The van der Waals surface area contributed by atoms with E-state index in [1.807, 2.05) is 0 Å². The van der Waals surface area contributed by atoms with E-state index in [1.54, 1.807) is 24.3 Å². The highest BCUT2D eigenvalue weighted by molar-refractivity contribution is 5.86. The van der Waals surface area contributed by atoms with E-state index in [-0.39, 0.29) is 67.1 Å². The van der Waals surface area contributed by atoms with Gasteiger partial charge in [-0.25, -0.2) is 0 Å². The van der Waals surface area contributed by atoms with Crippen molar-refractivity contribution < 1.29 is 40.5 Å². The summed E-state index contributed by atoms with van der Waals surface area (Å²) in [6.45, 7) is 0. The van der Waals surface area contributed by atoms with Crippen LogP contribution in [0.3, 0.4) is 0 Å². The van der Waals surface area contributed by atoms with Crippen LogP contribution in [-0.2, 0) is 0 Å². The first kappa shape index (κ1) is 24.4. The molecule has 10 heteroatoms. The van der Waals surface area contributed by atoms with Crippen molar-refractivity contribution in [1.82, 2.24) is 0 Å². The summed E-state index contributed by atoms with van der Waals surface area (Å²) in [5.41, 5.74) is 0.575. The van der Waals surface area contributed by atoms with Crippen LogP contribution in [0.25, 0.3) is 24.3 Å². The van der Waals surface area contributed by atoms with Crippen LogP contribution in [0.4, 0.5) is 11.4 Å². The first-order valence-corrected chi connectivity index (χ1v) is 9.84. The Morgan fingerprint density at radius 2 is 1.00 bits per heavy atom. The van der Waals surface area contributed by atoms with Crippen LogP contribution in [0, 0.1) is 0 Å². The number of hydrogen-bond acceptors (Lipinski definition) is 10. The van der Waals surface area contributed by atoms with Crippen molar-refractivity contribution in [3.8, 4) is 23.0 Å². The van der Waals surface area contributed by atoms with Crippen LogP contribution in [-0.4, -0.2) is 35.0 Å². The number of nitrogens with zero attached hydrogens (tertiary/aromatic N) is 2. The quantitative estimate of drug-likeness (QED) is 0.287. The van der Waals surface area contributed by atoms with E-state index in [2.05, 4.69) is 0 Å². The Balaban J connectivity index is 2.10. The van der Waals surface area contributed by atoms with Crippen LogP contribution in [0.15, 0.2) is 48.5 Å². The molecule has 0 aromatic heterocycles. The Bertz CT molecular complexity index is 1130. The number of hydrogen-bond donors (Lipinski definition) is 4. The molecule has 3 rings (SSSR count). The molecule has 0 fully saturated rings. The topological polar surface area (TPSA) is 152 Å². The van der Waals surface area contributed by atoms with Gasteiger partial charge in [-0.1, -0.05) is 60.1 Å². The maximum atomic E-state index is 12.4. The van der Waals surface area contributed by atoms with Crippen LogP contribution < -0.4 is 30.1 Å². The Morgan fingerprint density at radius 1 is 0.618 bits per heavy atom. The number of para-hydroxylation sites is 2. The van der Waals surface area contributed by atoms with Crippen molar-refractivity contribution in [2.45, 2.75) is 0 Å². The second-order valence-corrected chi connectivity index (χ2v) is 6.97. The van der Waals surface area contributed by atoms with E-state index in [1.165, 1.54) is 56.7 Å². The second kappa shape index (κ2) is 10.6. The van der Waals surface area contributed by atoms with Crippen molar-refractivity contribution in [1.29, 1.82) is 0 Å². The van der Waals surface area contributed by atoms with E-state index in [0.29, 0.717) is 0 Å². The van der Waals surface area contributed by atoms with E-state index in [9.17, 15) is 31.0 Å². The number of benzene rings is 3. The standard InChI is InChI=1S/C24H24N2O8/c1-33-21-7-3-5-15(23(21)27)9-11-17-13-18(20(26(31)32)14-19(17)25(29)30)12-10-16-6-4-8-22(34-2)24(16)28/h3-14,27-32H,1-2H3/p-2. The van der Waals surface area contributed by atoms with Crippen molar-refractivity contribution in [3.05, 3.63) is 70.8 Å². The van der Waals surface area contributed by atoms with Gasteiger partial charge >= 0.3 is 0 Å². The van der Waals surface area contributed by atoms with Crippen LogP contribution in [0.1, 0.15) is 22.3 Å². The smallest absolute Gasteiger partial charge is 0.111 e. The number of rotatable bonds is 8. The van der Waals surface area contributed by atoms with Gasteiger partial charge in [0.25, 0.3) is 0 Å². The van der Waals surface area contributed by atoms with Gasteiger partial charge < -0.3 is 19.7 Å². The monoisotopic (exact) mass is 466 g/mol. The fourth-order valence-electron chi connectivity index (χ4n) is 3.23. The summed E-state index contributed by atoms with van der Waals surface area (Å²) in [5.74, 6) is -0.421. The summed E-state index contributed by atoms with van der Waals surface area (Å²) in [6.07, 6.45) is 5.78. The molecular weight excluding hydrogens is 444 g/mol. The molecule has 0 aliphatic heterocycles. The molecule has 0 bridgehead atoms. The molecule has 178 valence electrons. The summed E-state index contributed by atoms with van der Waals surface area (Å²) in [6, 6.07) is 11.9. The first-order chi connectivity index (χ1) is 16.3. The maximum Gasteiger partial charge on any atom is 0.111 e. The van der Waals surface area contributed by atoms with Crippen molar-refractivity contribution in [3.63, 3.8) is 0 Å². The molecule has 0 spiro atoms. The number of methoxy groups -OCH3 is 2. The van der Waals surface area contributed by atoms with Gasteiger partial charge in [-0.05, 0) is 35.4 Å². The van der Waals surface area contributed by atoms with Crippen molar-refractivity contribution >= 4 is 35.7 Å². The minimum Gasteiger partial charge on any atom is -0.870 e. The fourth-order valence-corrected chi connectivity index (χ4v) is 3.23. The molecular formula is C24H22N2O8-2. The van der Waals surface area contributed by atoms with Gasteiger partial charge in [0, 0.05) is 11.1 Å². The van der Waals surface area contributed by atoms with Gasteiger partial charge in [-0.2, -0.15) is 0 Å². The molecule has 4 N–H and O–H groups in total. The summed E-state index contributed by atoms with van der Waals surface area (Å²) in [5, 5.41) is 63.0. The Hall–Kier alpha value is -4.22. The number of anilines is 2. The molecule has 0 aliphatic carbocycles.